The van der Waals surface area contributed by atoms with Gasteiger partial charge in [0.2, 0.25) is 5.91 Å². The molecular formula is C30H29N5O3. The summed E-state index contributed by atoms with van der Waals surface area (Å²) in [4.78, 5) is 18.9. The standard InChI is InChI=1S/C30H29N5O3/c36-24-8-3-6-21(16-24)18-33-14-12-30-26-10-1-2-11-27(26)35(29(30)37)20-23-19-34(32-31-23)13-5-15-38-25-9-4-7-22(17-25)28(30)33/h1-4,6-11,16-17,19,28,36H,5,12-15,18,20H2/t28-,30+/m0/s1. The smallest absolute Gasteiger partial charge is 0.240 e. The van der Waals surface area contributed by atoms with Crippen LogP contribution in [-0.4, -0.2) is 44.1 Å². The Morgan fingerprint density at radius 2 is 1.92 bits per heavy atom. The third kappa shape index (κ3) is 3.67. The number of anilines is 1. The minimum atomic E-state index is -0.748. The summed E-state index contributed by atoms with van der Waals surface area (Å²) in [5, 5.41) is 18.8. The number of carbonyl (C=O) groups excluding carboxylic acids is 1. The molecule has 1 aromatic heterocycles. The fraction of sp³-hybridized carbons (Fsp3) is 0.300. The molecule has 4 aromatic rings. The van der Waals surface area contributed by atoms with E-state index in [1.54, 1.807) is 12.1 Å². The van der Waals surface area contributed by atoms with E-state index in [-0.39, 0.29) is 17.7 Å². The summed E-state index contributed by atoms with van der Waals surface area (Å²) in [6.45, 7) is 3.01. The van der Waals surface area contributed by atoms with Crippen molar-refractivity contribution < 1.29 is 14.6 Å². The average molecular weight is 508 g/mol. The van der Waals surface area contributed by atoms with E-state index in [2.05, 4.69) is 33.4 Å². The van der Waals surface area contributed by atoms with Gasteiger partial charge in [0.1, 0.15) is 17.2 Å². The van der Waals surface area contributed by atoms with Crippen LogP contribution in [0.5, 0.6) is 11.5 Å². The van der Waals surface area contributed by atoms with Crippen molar-refractivity contribution in [3.8, 4) is 11.5 Å². The fourth-order valence-corrected chi connectivity index (χ4v) is 6.54. The number of carbonyl (C=O) groups is 1. The normalized spacial score (nSPS) is 22.8. The van der Waals surface area contributed by atoms with Gasteiger partial charge in [0.05, 0.1) is 30.8 Å². The number of para-hydroxylation sites is 1. The number of phenolic OH excluding ortho intramolecular Hbond substituents is 1. The molecule has 8 nitrogen and oxygen atoms in total. The van der Waals surface area contributed by atoms with E-state index < -0.39 is 5.41 Å². The zero-order valence-electron chi connectivity index (χ0n) is 21.0. The van der Waals surface area contributed by atoms with Gasteiger partial charge < -0.3 is 14.7 Å². The molecule has 192 valence electrons. The van der Waals surface area contributed by atoms with Gasteiger partial charge in [-0.25, -0.2) is 0 Å². The number of hydrogen-bond donors (Lipinski definition) is 1. The molecule has 1 saturated heterocycles. The molecule has 3 aliphatic heterocycles. The van der Waals surface area contributed by atoms with Gasteiger partial charge in [-0.15, -0.1) is 5.10 Å². The van der Waals surface area contributed by atoms with E-state index in [4.69, 9.17) is 4.74 Å². The number of hydrogen-bond acceptors (Lipinski definition) is 6. The van der Waals surface area contributed by atoms with Crippen molar-refractivity contribution in [3.63, 3.8) is 0 Å². The highest BCUT2D eigenvalue weighted by atomic mass is 16.5. The molecular weight excluding hydrogens is 478 g/mol. The van der Waals surface area contributed by atoms with Crippen LogP contribution in [0, 0.1) is 0 Å². The highest BCUT2D eigenvalue weighted by Crippen LogP contribution is 2.57. The first-order chi connectivity index (χ1) is 18.6. The van der Waals surface area contributed by atoms with Gasteiger partial charge in [-0.2, -0.15) is 0 Å². The first kappa shape index (κ1) is 23.0. The van der Waals surface area contributed by atoms with Gasteiger partial charge in [-0.05, 0) is 53.4 Å². The molecule has 0 aliphatic carbocycles. The average Bonchev–Trinajstić information content (AvgIpc) is 3.59. The minimum absolute atomic E-state index is 0.0952. The quantitative estimate of drug-likeness (QED) is 0.438. The zero-order chi connectivity index (χ0) is 25.7. The number of amides is 1. The van der Waals surface area contributed by atoms with E-state index in [0.29, 0.717) is 32.7 Å². The lowest BCUT2D eigenvalue weighted by Gasteiger charge is -2.35. The first-order valence-electron chi connectivity index (χ1n) is 13.2. The van der Waals surface area contributed by atoms with Crippen molar-refractivity contribution in [1.29, 1.82) is 0 Å². The van der Waals surface area contributed by atoms with Crippen molar-refractivity contribution in [2.45, 2.75) is 43.9 Å². The number of nitrogens with zero attached hydrogens (tertiary/aromatic N) is 5. The van der Waals surface area contributed by atoms with Gasteiger partial charge in [-0.3, -0.25) is 14.4 Å². The van der Waals surface area contributed by atoms with E-state index >= 15 is 0 Å². The maximum absolute atomic E-state index is 14.6. The summed E-state index contributed by atoms with van der Waals surface area (Å²) in [5.74, 6) is 1.14. The number of ether oxygens (including phenoxy) is 1. The van der Waals surface area contributed by atoms with E-state index in [0.717, 1.165) is 46.8 Å². The molecule has 1 N–H and O–H groups in total. The van der Waals surface area contributed by atoms with Crippen LogP contribution < -0.4 is 9.64 Å². The molecule has 7 rings (SSSR count). The Kier molecular flexibility index (Phi) is 5.44. The Balaban J connectivity index is 1.39. The zero-order valence-corrected chi connectivity index (χ0v) is 21.0. The van der Waals surface area contributed by atoms with Gasteiger partial charge in [-0.1, -0.05) is 47.7 Å². The largest absolute Gasteiger partial charge is 0.508 e. The van der Waals surface area contributed by atoms with Crippen LogP contribution in [0.1, 0.15) is 41.3 Å². The Morgan fingerprint density at radius 3 is 2.84 bits per heavy atom. The molecule has 3 aromatic carbocycles. The summed E-state index contributed by atoms with van der Waals surface area (Å²) in [7, 11) is 0. The molecule has 1 amide bonds. The molecule has 0 unspecified atom stereocenters. The van der Waals surface area contributed by atoms with Crippen LogP contribution in [0.4, 0.5) is 5.69 Å². The minimum Gasteiger partial charge on any atom is -0.508 e. The van der Waals surface area contributed by atoms with Crippen LogP contribution in [0.15, 0.2) is 79.0 Å². The first-order valence-corrected chi connectivity index (χ1v) is 13.2. The van der Waals surface area contributed by atoms with Gasteiger partial charge in [0, 0.05) is 31.7 Å². The number of rotatable bonds is 2. The Bertz CT molecular complexity index is 1520. The monoisotopic (exact) mass is 507 g/mol. The molecule has 1 spiro atoms. The summed E-state index contributed by atoms with van der Waals surface area (Å²) in [6, 6.07) is 23.6. The third-order valence-corrected chi connectivity index (χ3v) is 8.10. The van der Waals surface area contributed by atoms with Gasteiger partial charge >= 0.3 is 0 Å². The van der Waals surface area contributed by atoms with Crippen LogP contribution in [-0.2, 0) is 29.8 Å². The van der Waals surface area contributed by atoms with Crippen LogP contribution in [0.25, 0.3) is 0 Å². The molecule has 6 bridgehead atoms. The molecule has 3 aliphatic rings. The number of aromatic nitrogens is 3. The molecule has 38 heavy (non-hydrogen) atoms. The third-order valence-electron chi connectivity index (χ3n) is 8.10. The summed E-state index contributed by atoms with van der Waals surface area (Å²) in [5.41, 5.74) is 4.09. The Morgan fingerprint density at radius 1 is 1.03 bits per heavy atom. The van der Waals surface area contributed by atoms with Gasteiger partial charge in [0.25, 0.3) is 0 Å². The molecule has 0 radical (unpaired) electrons. The van der Waals surface area contributed by atoms with Crippen LogP contribution >= 0.6 is 0 Å². The molecule has 0 saturated carbocycles. The maximum atomic E-state index is 14.6. The number of benzene rings is 3. The van der Waals surface area contributed by atoms with Crippen molar-refractivity contribution in [1.82, 2.24) is 19.9 Å². The highest BCUT2D eigenvalue weighted by Gasteiger charge is 2.60. The van der Waals surface area contributed by atoms with Crippen molar-refractivity contribution >= 4 is 11.6 Å². The Labute approximate surface area is 221 Å². The number of aryl methyl sites for hydroxylation is 1. The molecule has 8 heteroatoms. The topological polar surface area (TPSA) is 83.7 Å². The lowest BCUT2D eigenvalue weighted by Crippen LogP contribution is -2.44. The number of aromatic hydroxyl groups is 1. The van der Waals surface area contributed by atoms with Gasteiger partial charge in [0.15, 0.2) is 0 Å². The van der Waals surface area contributed by atoms with Crippen LogP contribution in [0.2, 0.25) is 0 Å². The van der Waals surface area contributed by atoms with Crippen molar-refractivity contribution in [2.24, 2.45) is 0 Å². The second-order valence-corrected chi connectivity index (χ2v) is 10.4. The number of likely N-dealkylation sites (tertiary alicyclic amines) is 1. The lowest BCUT2D eigenvalue weighted by atomic mass is 9.72. The molecule has 4 heterocycles. The second-order valence-electron chi connectivity index (χ2n) is 10.4. The van der Waals surface area contributed by atoms with Crippen molar-refractivity contribution in [2.75, 3.05) is 18.1 Å². The number of fused-ring (bicyclic) bond motifs is 8. The summed E-state index contributed by atoms with van der Waals surface area (Å²) in [6.07, 6.45) is 3.43. The SMILES string of the molecule is O=C1N2Cc3cn(nn3)CCCOc3cccc(c3)[C@@H]3N(Cc4cccc(O)c4)CC[C@]13c1ccccc12. The second kappa shape index (κ2) is 8.99. The maximum Gasteiger partial charge on any atom is 0.240 e. The fourth-order valence-electron chi connectivity index (χ4n) is 6.54. The van der Waals surface area contributed by atoms with Crippen molar-refractivity contribution in [3.05, 3.63) is 101 Å². The summed E-state index contributed by atoms with van der Waals surface area (Å²) >= 11 is 0. The molecule has 1 fully saturated rings. The predicted octanol–water partition coefficient (Wildman–Crippen LogP) is 4.20. The Hall–Kier alpha value is -4.17. The van der Waals surface area contributed by atoms with E-state index in [1.165, 1.54) is 0 Å². The number of phenols is 1. The lowest BCUT2D eigenvalue weighted by molar-refractivity contribution is -0.124. The highest BCUT2D eigenvalue weighted by molar-refractivity contribution is 6.09. The van der Waals surface area contributed by atoms with Crippen LogP contribution in [0.3, 0.4) is 0 Å². The van der Waals surface area contributed by atoms with E-state index in [1.807, 2.05) is 58.2 Å². The predicted molar refractivity (Wildman–Crippen MR) is 142 cm³/mol. The molecule has 2 atom stereocenters. The van der Waals surface area contributed by atoms with E-state index in [9.17, 15) is 9.90 Å². The summed E-state index contributed by atoms with van der Waals surface area (Å²) < 4.78 is 7.98.